The van der Waals surface area contributed by atoms with E-state index in [0.29, 0.717) is 12.5 Å². The first-order valence-corrected chi connectivity index (χ1v) is 7.46. The van der Waals surface area contributed by atoms with Crippen LogP contribution in [0.1, 0.15) is 20.3 Å². The molecule has 0 bridgehead atoms. The van der Waals surface area contributed by atoms with Gasteiger partial charge < -0.3 is 4.90 Å². The predicted octanol–water partition coefficient (Wildman–Crippen LogP) is 0.664. The van der Waals surface area contributed by atoms with Gasteiger partial charge in [0.1, 0.15) is 0 Å². The summed E-state index contributed by atoms with van der Waals surface area (Å²) in [5.74, 6) is 0.522. The Kier molecular flexibility index (Phi) is 5.30. The van der Waals surface area contributed by atoms with Gasteiger partial charge in [0.15, 0.2) is 5.03 Å². The Morgan fingerprint density at radius 3 is 2.56 bits per heavy atom. The number of hydrogen-bond acceptors (Lipinski definition) is 4. The average Bonchev–Trinajstić information content (AvgIpc) is 2.77. The van der Waals surface area contributed by atoms with Crippen LogP contribution in [-0.2, 0) is 10.0 Å². The fourth-order valence-electron chi connectivity index (χ4n) is 1.70. The summed E-state index contributed by atoms with van der Waals surface area (Å²) >= 11 is 0. The fraction of sp³-hybridized carbons (Fsp3) is 0.727. The van der Waals surface area contributed by atoms with Gasteiger partial charge >= 0.3 is 0 Å². The zero-order valence-corrected chi connectivity index (χ0v) is 12.2. The number of likely N-dealkylation sites (N-methyl/N-ethyl adjacent to an activating group) is 1. The first kappa shape index (κ1) is 15.1. The normalized spacial score (nSPS) is 14.3. The molecule has 104 valence electrons. The zero-order chi connectivity index (χ0) is 13.8. The molecule has 1 aromatic heterocycles. The second-order valence-electron chi connectivity index (χ2n) is 5.02. The maximum Gasteiger partial charge on any atom is 0.257 e. The molecule has 1 rings (SSSR count). The molecular weight excluding hydrogens is 252 g/mol. The van der Waals surface area contributed by atoms with Crippen LogP contribution in [-0.4, -0.2) is 50.2 Å². The van der Waals surface area contributed by atoms with Gasteiger partial charge in [0.05, 0.1) is 6.20 Å². The van der Waals surface area contributed by atoms with Crippen molar-refractivity contribution in [1.82, 2.24) is 19.8 Å². The maximum absolute atomic E-state index is 11.9. The van der Waals surface area contributed by atoms with Crippen molar-refractivity contribution in [2.24, 2.45) is 5.92 Å². The van der Waals surface area contributed by atoms with E-state index >= 15 is 0 Å². The van der Waals surface area contributed by atoms with E-state index in [-0.39, 0.29) is 11.1 Å². The Morgan fingerprint density at radius 2 is 2.11 bits per heavy atom. The molecular formula is C11H22N4O2S. The van der Waals surface area contributed by atoms with E-state index in [0.717, 1.165) is 6.42 Å². The molecule has 0 aliphatic carbocycles. The van der Waals surface area contributed by atoms with Crippen LogP contribution >= 0.6 is 0 Å². The first-order valence-electron chi connectivity index (χ1n) is 5.98. The molecule has 0 amide bonds. The molecule has 0 spiro atoms. The molecule has 0 aromatic carbocycles. The summed E-state index contributed by atoms with van der Waals surface area (Å²) in [6.45, 7) is 4.65. The Bertz CT molecular complexity index is 440. The summed E-state index contributed by atoms with van der Waals surface area (Å²) in [5, 5.41) is 6.20. The van der Waals surface area contributed by atoms with Crippen molar-refractivity contribution in [2.45, 2.75) is 31.3 Å². The molecule has 0 fully saturated rings. The van der Waals surface area contributed by atoms with Crippen LogP contribution < -0.4 is 4.72 Å². The summed E-state index contributed by atoms with van der Waals surface area (Å²) in [5.41, 5.74) is 0. The lowest BCUT2D eigenvalue weighted by molar-refractivity contribution is 0.255. The third-order valence-corrected chi connectivity index (χ3v) is 4.10. The van der Waals surface area contributed by atoms with E-state index < -0.39 is 10.0 Å². The van der Waals surface area contributed by atoms with Gasteiger partial charge in [-0.15, -0.1) is 0 Å². The van der Waals surface area contributed by atoms with Crippen molar-refractivity contribution in [2.75, 3.05) is 20.6 Å². The van der Waals surface area contributed by atoms with Gasteiger partial charge in [-0.05, 0) is 32.5 Å². The molecule has 0 aliphatic rings. The number of rotatable bonds is 7. The summed E-state index contributed by atoms with van der Waals surface area (Å²) < 4.78 is 26.4. The number of aromatic nitrogens is 2. The number of nitrogens with one attached hydrogen (secondary N) is 2. The Balaban J connectivity index is 2.62. The number of hydrogen-bond donors (Lipinski definition) is 2. The number of sulfonamides is 1. The molecule has 0 radical (unpaired) electrons. The molecule has 0 saturated heterocycles. The van der Waals surface area contributed by atoms with Gasteiger partial charge in [-0.2, -0.15) is 5.10 Å². The highest BCUT2D eigenvalue weighted by Gasteiger charge is 2.19. The average molecular weight is 274 g/mol. The highest BCUT2D eigenvalue weighted by atomic mass is 32.2. The van der Waals surface area contributed by atoms with Gasteiger partial charge in [-0.25, -0.2) is 13.1 Å². The van der Waals surface area contributed by atoms with Crippen LogP contribution in [0.3, 0.4) is 0 Å². The van der Waals surface area contributed by atoms with Crippen LogP contribution in [0.25, 0.3) is 0 Å². The summed E-state index contributed by atoms with van der Waals surface area (Å²) in [6.07, 6.45) is 2.37. The van der Waals surface area contributed by atoms with Crippen molar-refractivity contribution in [3.8, 4) is 0 Å². The topological polar surface area (TPSA) is 78.1 Å². The molecule has 18 heavy (non-hydrogen) atoms. The second-order valence-corrected chi connectivity index (χ2v) is 6.76. The Hall–Kier alpha value is -0.920. The van der Waals surface area contributed by atoms with Gasteiger partial charge in [0.2, 0.25) is 0 Å². The third kappa shape index (κ3) is 4.40. The molecule has 0 saturated carbocycles. The van der Waals surface area contributed by atoms with Crippen molar-refractivity contribution in [3.05, 3.63) is 12.3 Å². The lowest BCUT2D eigenvalue weighted by Gasteiger charge is -2.26. The quantitative estimate of drug-likeness (QED) is 0.766. The van der Waals surface area contributed by atoms with Crippen LogP contribution in [0.5, 0.6) is 0 Å². The van der Waals surface area contributed by atoms with Gasteiger partial charge in [-0.1, -0.05) is 13.8 Å². The van der Waals surface area contributed by atoms with E-state index in [1.165, 1.54) is 12.3 Å². The zero-order valence-electron chi connectivity index (χ0n) is 11.3. The Labute approximate surface area is 109 Å². The van der Waals surface area contributed by atoms with E-state index in [4.69, 9.17) is 0 Å². The number of nitrogens with zero attached hydrogens (tertiary/aromatic N) is 2. The highest BCUT2D eigenvalue weighted by Crippen LogP contribution is 2.09. The SMILES string of the molecule is CC(C)CC(CNS(=O)(=O)c1ccn[nH]1)N(C)C. The fourth-order valence-corrected chi connectivity index (χ4v) is 2.68. The van der Waals surface area contributed by atoms with Crippen molar-refractivity contribution in [3.63, 3.8) is 0 Å². The summed E-state index contributed by atoms with van der Waals surface area (Å²) in [4.78, 5) is 2.04. The van der Waals surface area contributed by atoms with Gasteiger partial charge in [-0.3, -0.25) is 5.10 Å². The minimum atomic E-state index is -3.48. The maximum atomic E-state index is 11.9. The van der Waals surface area contributed by atoms with E-state index in [1.54, 1.807) is 0 Å². The third-order valence-electron chi connectivity index (χ3n) is 2.75. The minimum absolute atomic E-state index is 0.101. The standard InChI is InChI=1S/C11H22N4O2S/c1-9(2)7-10(15(3)4)8-13-18(16,17)11-5-6-12-14-11/h5-6,9-10,13H,7-8H2,1-4H3,(H,12,14). The smallest absolute Gasteiger partial charge is 0.257 e. The van der Waals surface area contributed by atoms with Crippen LogP contribution in [0, 0.1) is 5.92 Å². The lowest BCUT2D eigenvalue weighted by atomic mass is 10.0. The Morgan fingerprint density at radius 1 is 1.44 bits per heavy atom. The molecule has 1 unspecified atom stereocenters. The molecule has 1 heterocycles. The van der Waals surface area contributed by atoms with Gasteiger partial charge in [0.25, 0.3) is 10.0 Å². The van der Waals surface area contributed by atoms with Crippen LogP contribution in [0.4, 0.5) is 0 Å². The number of H-pyrrole nitrogens is 1. The van der Waals surface area contributed by atoms with E-state index in [1.807, 2.05) is 19.0 Å². The largest absolute Gasteiger partial charge is 0.305 e. The van der Waals surface area contributed by atoms with Crippen molar-refractivity contribution >= 4 is 10.0 Å². The first-order chi connectivity index (χ1) is 8.33. The van der Waals surface area contributed by atoms with Crippen molar-refractivity contribution < 1.29 is 8.42 Å². The van der Waals surface area contributed by atoms with Gasteiger partial charge in [0, 0.05) is 12.6 Å². The highest BCUT2D eigenvalue weighted by molar-refractivity contribution is 7.89. The number of aromatic amines is 1. The molecule has 1 aromatic rings. The van der Waals surface area contributed by atoms with Crippen molar-refractivity contribution in [1.29, 1.82) is 0 Å². The van der Waals surface area contributed by atoms with Crippen LogP contribution in [0.15, 0.2) is 17.3 Å². The molecule has 6 nitrogen and oxygen atoms in total. The molecule has 0 aliphatic heterocycles. The molecule has 2 N–H and O–H groups in total. The predicted molar refractivity (Wildman–Crippen MR) is 70.7 cm³/mol. The minimum Gasteiger partial charge on any atom is -0.305 e. The molecule has 1 atom stereocenters. The second kappa shape index (κ2) is 6.31. The monoisotopic (exact) mass is 274 g/mol. The van der Waals surface area contributed by atoms with E-state index in [2.05, 4.69) is 28.8 Å². The molecule has 7 heteroatoms. The lowest BCUT2D eigenvalue weighted by Crippen LogP contribution is -2.41. The van der Waals surface area contributed by atoms with E-state index in [9.17, 15) is 8.42 Å². The summed E-state index contributed by atoms with van der Waals surface area (Å²) in [6, 6.07) is 1.62. The summed E-state index contributed by atoms with van der Waals surface area (Å²) in [7, 11) is 0.436. The van der Waals surface area contributed by atoms with Crippen LogP contribution in [0.2, 0.25) is 0 Å².